The van der Waals surface area contributed by atoms with Crippen molar-refractivity contribution in [2.45, 2.75) is 19.4 Å². The molecule has 120 valence electrons. The minimum atomic E-state index is -0.136. The smallest absolute Gasteiger partial charge is 0.267 e. The first-order valence-electron chi connectivity index (χ1n) is 7.65. The van der Waals surface area contributed by atoms with Crippen LogP contribution >= 0.6 is 0 Å². The number of aryl methyl sites for hydroxylation is 1. The number of rotatable bonds is 4. The summed E-state index contributed by atoms with van der Waals surface area (Å²) in [6.07, 6.45) is 5.64. The number of hydrogen-bond acceptors (Lipinski definition) is 3. The summed E-state index contributed by atoms with van der Waals surface area (Å²) >= 11 is 0. The van der Waals surface area contributed by atoms with Crippen molar-refractivity contribution in [3.05, 3.63) is 53.6 Å². The van der Waals surface area contributed by atoms with Gasteiger partial charge < -0.3 is 15.2 Å². The van der Waals surface area contributed by atoms with Crippen molar-refractivity contribution in [2.24, 2.45) is 5.92 Å². The van der Waals surface area contributed by atoms with Crippen molar-refractivity contribution in [2.75, 3.05) is 13.6 Å². The van der Waals surface area contributed by atoms with Gasteiger partial charge in [0, 0.05) is 44.5 Å². The number of likely N-dealkylation sites (tertiary alicyclic amines) is 1. The summed E-state index contributed by atoms with van der Waals surface area (Å²) in [6.45, 7) is 2.35. The van der Waals surface area contributed by atoms with Crippen LogP contribution in [-0.2, 0) is 4.79 Å². The topological polar surface area (TPSA) is 78.1 Å². The van der Waals surface area contributed by atoms with Crippen molar-refractivity contribution in [3.8, 4) is 0 Å². The molecule has 1 saturated heterocycles. The molecule has 3 heterocycles. The van der Waals surface area contributed by atoms with Crippen molar-refractivity contribution in [3.63, 3.8) is 0 Å². The summed E-state index contributed by atoms with van der Waals surface area (Å²) in [4.78, 5) is 33.1. The van der Waals surface area contributed by atoms with E-state index in [-0.39, 0.29) is 23.8 Å². The zero-order chi connectivity index (χ0) is 16.4. The fourth-order valence-electron chi connectivity index (χ4n) is 3.20. The van der Waals surface area contributed by atoms with Crippen molar-refractivity contribution in [1.29, 1.82) is 0 Å². The lowest BCUT2D eigenvalue weighted by atomic mass is 9.94. The first-order chi connectivity index (χ1) is 11.1. The number of nitrogens with zero attached hydrogens (tertiary/aromatic N) is 2. The van der Waals surface area contributed by atoms with Crippen LogP contribution in [0.4, 0.5) is 0 Å². The van der Waals surface area contributed by atoms with E-state index in [0.717, 1.165) is 11.1 Å². The number of pyridine rings is 1. The van der Waals surface area contributed by atoms with Crippen LogP contribution in [0.25, 0.3) is 0 Å². The fraction of sp³-hybridized carbons (Fsp3) is 0.353. The minimum Gasteiger partial charge on any atom is -0.357 e. The van der Waals surface area contributed by atoms with Gasteiger partial charge in [-0.3, -0.25) is 14.6 Å². The number of hydrogen-bond donors (Lipinski definition) is 2. The molecule has 0 radical (unpaired) electrons. The van der Waals surface area contributed by atoms with Gasteiger partial charge >= 0.3 is 0 Å². The fourth-order valence-corrected chi connectivity index (χ4v) is 3.20. The highest BCUT2D eigenvalue weighted by molar-refractivity contribution is 5.93. The third-order valence-electron chi connectivity index (χ3n) is 4.45. The van der Waals surface area contributed by atoms with E-state index >= 15 is 0 Å². The Morgan fingerprint density at radius 1 is 1.39 bits per heavy atom. The second-order valence-electron chi connectivity index (χ2n) is 5.94. The summed E-state index contributed by atoms with van der Waals surface area (Å²) in [5.74, 6) is 0.0132. The normalized spacial score (nSPS) is 20.8. The van der Waals surface area contributed by atoms with Gasteiger partial charge in [-0.05, 0) is 36.2 Å². The Morgan fingerprint density at radius 2 is 2.13 bits per heavy atom. The largest absolute Gasteiger partial charge is 0.357 e. The Kier molecular flexibility index (Phi) is 4.14. The van der Waals surface area contributed by atoms with Crippen LogP contribution in [0.2, 0.25) is 0 Å². The molecule has 6 nitrogen and oxygen atoms in total. The Bertz CT molecular complexity index is 710. The second-order valence-corrected chi connectivity index (χ2v) is 5.94. The highest BCUT2D eigenvalue weighted by atomic mass is 16.2. The number of carbonyl (C=O) groups is 2. The zero-order valence-corrected chi connectivity index (χ0v) is 13.2. The number of amides is 2. The van der Waals surface area contributed by atoms with Crippen LogP contribution < -0.4 is 5.32 Å². The number of aromatic nitrogens is 2. The molecule has 0 unspecified atom stereocenters. The second kappa shape index (κ2) is 6.24. The van der Waals surface area contributed by atoms with Gasteiger partial charge in [-0.2, -0.15) is 0 Å². The van der Waals surface area contributed by atoms with Gasteiger partial charge in [0.2, 0.25) is 5.91 Å². The molecule has 0 aromatic carbocycles. The first kappa shape index (κ1) is 15.3. The van der Waals surface area contributed by atoms with Crippen LogP contribution in [0.5, 0.6) is 0 Å². The van der Waals surface area contributed by atoms with Gasteiger partial charge in [-0.25, -0.2) is 0 Å². The minimum absolute atomic E-state index is 0.0319. The Labute approximate surface area is 134 Å². The number of carbonyl (C=O) groups excluding carboxylic acids is 2. The molecule has 2 aromatic rings. The maximum Gasteiger partial charge on any atom is 0.267 e. The van der Waals surface area contributed by atoms with E-state index in [1.807, 2.05) is 32.2 Å². The quantitative estimate of drug-likeness (QED) is 0.901. The predicted octanol–water partition coefficient (Wildman–Crippen LogP) is 1.67. The van der Waals surface area contributed by atoms with E-state index in [0.29, 0.717) is 18.7 Å². The van der Waals surface area contributed by atoms with Gasteiger partial charge in [0.25, 0.3) is 5.91 Å². The Balaban J connectivity index is 1.72. The first-order valence-corrected chi connectivity index (χ1v) is 7.65. The van der Waals surface area contributed by atoms with Gasteiger partial charge in [-0.1, -0.05) is 0 Å². The van der Waals surface area contributed by atoms with E-state index in [1.165, 1.54) is 0 Å². The summed E-state index contributed by atoms with van der Waals surface area (Å²) in [7, 11) is 1.81. The number of aromatic amines is 1. The van der Waals surface area contributed by atoms with Gasteiger partial charge in [0.1, 0.15) is 5.69 Å². The summed E-state index contributed by atoms with van der Waals surface area (Å²) in [5, 5.41) is 2.94. The molecule has 0 spiro atoms. The average molecular weight is 312 g/mol. The Morgan fingerprint density at radius 3 is 2.78 bits per heavy atom. The van der Waals surface area contributed by atoms with Crippen LogP contribution in [0.3, 0.4) is 0 Å². The van der Waals surface area contributed by atoms with E-state index < -0.39 is 0 Å². The predicted molar refractivity (Wildman–Crippen MR) is 85.7 cm³/mol. The molecule has 2 atom stereocenters. The molecule has 1 aliphatic rings. The summed E-state index contributed by atoms with van der Waals surface area (Å²) in [5.41, 5.74) is 2.53. The molecule has 0 bridgehead atoms. The molecule has 6 heteroatoms. The summed E-state index contributed by atoms with van der Waals surface area (Å²) < 4.78 is 0. The van der Waals surface area contributed by atoms with Crippen molar-refractivity contribution >= 4 is 11.8 Å². The highest BCUT2D eigenvalue weighted by Gasteiger charge is 2.38. The third-order valence-corrected chi connectivity index (χ3v) is 4.45. The highest BCUT2D eigenvalue weighted by Crippen LogP contribution is 2.36. The van der Waals surface area contributed by atoms with Crippen molar-refractivity contribution < 1.29 is 9.59 Å². The maximum absolute atomic E-state index is 12.2. The standard InChI is InChI=1S/C17H20N4O2/c1-11-3-8-19-15(11)17(23)20-10-13-9-14(22)21(2)16(13)12-4-6-18-7-5-12/h3-8,13,16,19H,9-10H2,1-2H3,(H,20,23)/t13-,16-/m0/s1. The molecule has 2 N–H and O–H groups in total. The summed E-state index contributed by atoms with van der Waals surface area (Å²) in [6, 6.07) is 5.67. The average Bonchev–Trinajstić information content (AvgIpc) is 3.10. The molecular weight excluding hydrogens is 292 g/mol. The van der Waals surface area contributed by atoms with Crippen LogP contribution in [0, 0.1) is 12.8 Å². The number of nitrogens with one attached hydrogen (secondary N) is 2. The van der Waals surface area contributed by atoms with E-state index in [2.05, 4.69) is 15.3 Å². The zero-order valence-electron chi connectivity index (χ0n) is 13.2. The lowest BCUT2D eigenvalue weighted by Crippen LogP contribution is -2.33. The van der Waals surface area contributed by atoms with E-state index in [9.17, 15) is 9.59 Å². The molecule has 0 aliphatic carbocycles. The Hall–Kier alpha value is -2.63. The van der Waals surface area contributed by atoms with Gasteiger partial charge in [-0.15, -0.1) is 0 Å². The monoisotopic (exact) mass is 312 g/mol. The molecule has 23 heavy (non-hydrogen) atoms. The molecule has 1 aliphatic heterocycles. The maximum atomic E-state index is 12.2. The molecule has 2 aromatic heterocycles. The molecular formula is C17H20N4O2. The van der Waals surface area contributed by atoms with E-state index in [4.69, 9.17) is 0 Å². The van der Waals surface area contributed by atoms with Crippen LogP contribution in [0.15, 0.2) is 36.8 Å². The molecule has 1 fully saturated rings. The number of H-pyrrole nitrogens is 1. The van der Waals surface area contributed by atoms with E-state index in [1.54, 1.807) is 23.5 Å². The third kappa shape index (κ3) is 2.97. The lowest BCUT2D eigenvalue weighted by molar-refractivity contribution is -0.127. The van der Waals surface area contributed by atoms with Crippen molar-refractivity contribution in [1.82, 2.24) is 20.2 Å². The molecule has 3 rings (SSSR count). The van der Waals surface area contributed by atoms with Gasteiger partial charge in [0.15, 0.2) is 0 Å². The lowest BCUT2D eigenvalue weighted by Gasteiger charge is -2.25. The van der Waals surface area contributed by atoms with Crippen LogP contribution in [-0.4, -0.2) is 40.3 Å². The SMILES string of the molecule is Cc1cc[nH]c1C(=O)NC[C@@H]1CC(=O)N(C)[C@H]1c1ccncc1. The molecule has 2 amide bonds. The molecule has 0 saturated carbocycles. The van der Waals surface area contributed by atoms with Gasteiger partial charge in [0.05, 0.1) is 6.04 Å². The van der Waals surface area contributed by atoms with Crippen LogP contribution in [0.1, 0.15) is 34.1 Å².